The molecule has 0 N–H and O–H groups in total. The van der Waals surface area contributed by atoms with Crippen LogP contribution in [0.4, 0.5) is 5.69 Å². The van der Waals surface area contributed by atoms with Crippen LogP contribution in [0.15, 0.2) is 36.4 Å². The van der Waals surface area contributed by atoms with Gasteiger partial charge in [-0.25, -0.2) is 0 Å². The predicted octanol–water partition coefficient (Wildman–Crippen LogP) is 3.20. The molecule has 3 rings (SSSR count). The lowest BCUT2D eigenvalue weighted by molar-refractivity contribution is -0.124. The second-order valence-corrected chi connectivity index (χ2v) is 5.64. The molecule has 2 aromatic carbocycles. The minimum absolute atomic E-state index is 0.0267. The van der Waals surface area contributed by atoms with Gasteiger partial charge in [-0.15, -0.1) is 0 Å². The van der Waals surface area contributed by atoms with Crippen molar-refractivity contribution in [1.29, 1.82) is 0 Å². The second-order valence-electron chi connectivity index (χ2n) is 5.64. The van der Waals surface area contributed by atoms with Gasteiger partial charge in [-0.2, -0.15) is 0 Å². The van der Waals surface area contributed by atoms with Gasteiger partial charge in [-0.05, 0) is 17.7 Å². The summed E-state index contributed by atoms with van der Waals surface area (Å²) in [5, 5.41) is 0. The number of methoxy groups -OCH3 is 4. The summed E-state index contributed by atoms with van der Waals surface area (Å²) >= 11 is 0. The van der Waals surface area contributed by atoms with Crippen LogP contribution < -0.4 is 23.8 Å². The molecule has 0 unspecified atom stereocenters. The van der Waals surface area contributed by atoms with Gasteiger partial charge in [0.25, 0.3) is 0 Å². The Morgan fingerprint density at radius 1 is 0.880 bits per heavy atom. The first kappa shape index (κ1) is 17.0. The van der Waals surface area contributed by atoms with Gasteiger partial charge in [0.15, 0.2) is 11.5 Å². The van der Waals surface area contributed by atoms with Crippen LogP contribution in [0, 0.1) is 0 Å². The first-order chi connectivity index (χ1) is 12.1. The van der Waals surface area contributed by atoms with Crippen LogP contribution in [0.3, 0.4) is 0 Å². The summed E-state index contributed by atoms with van der Waals surface area (Å²) in [5.74, 6) is 2.38. The molecular formula is C19H21NO5. The van der Waals surface area contributed by atoms with Gasteiger partial charge < -0.3 is 23.8 Å². The molecule has 1 atom stereocenters. The predicted molar refractivity (Wildman–Crippen MR) is 93.9 cm³/mol. The zero-order valence-corrected chi connectivity index (χ0v) is 14.7. The Hall–Kier alpha value is -2.89. The van der Waals surface area contributed by atoms with Gasteiger partial charge in [0.2, 0.25) is 11.7 Å². The zero-order chi connectivity index (χ0) is 18.0. The molecule has 1 aliphatic rings. The fourth-order valence-electron chi connectivity index (χ4n) is 3.04. The average Bonchev–Trinajstić information content (AvgIpc) is 2.65. The van der Waals surface area contributed by atoms with E-state index in [0.717, 1.165) is 11.3 Å². The van der Waals surface area contributed by atoms with Crippen molar-refractivity contribution in [2.45, 2.75) is 12.5 Å². The molecule has 0 aliphatic carbocycles. The fourth-order valence-corrected chi connectivity index (χ4v) is 3.04. The van der Waals surface area contributed by atoms with E-state index in [0.29, 0.717) is 29.4 Å². The second kappa shape index (κ2) is 6.93. The summed E-state index contributed by atoms with van der Waals surface area (Å²) < 4.78 is 21.3. The van der Waals surface area contributed by atoms with Crippen LogP contribution in [0.2, 0.25) is 0 Å². The van der Waals surface area contributed by atoms with Crippen LogP contribution in [0.5, 0.6) is 23.0 Å². The van der Waals surface area contributed by atoms with E-state index in [1.165, 1.54) is 0 Å². The van der Waals surface area contributed by atoms with Crippen molar-refractivity contribution in [2.24, 2.45) is 0 Å². The van der Waals surface area contributed by atoms with Crippen LogP contribution in [0.25, 0.3) is 0 Å². The first-order valence-electron chi connectivity index (χ1n) is 7.89. The van der Waals surface area contributed by atoms with E-state index in [1.807, 2.05) is 24.3 Å². The van der Waals surface area contributed by atoms with E-state index < -0.39 is 0 Å². The summed E-state index contributed by atoms with van der Waals surface area (Å²) in [6.45, 7) is 0. The number of benzene rings is 2. The molecule has 6 nitrogen and oxygen atoms in total. The summed E-state index contributed by atoms with van der Waals surface area (Å²) in [7, 11) is 6.29. The van der Waals surface area contributed by atoms with Gasteiger partial charge in [-0.1, -0.05) is 12.1 Å². The quantitative estimate of drug-likeness (QED) is 0.754. The Labute approximate surface area is 146 Å². The van der Waals surface area contributed by atoms with Crippen molar-refractivity contribution >= 4 is 11.6 Å². The Bertz CT molecular complexity index is 747. The molecule has 1 amide bonds. The number of ether oxygens (including phenoxy) is 4. The minimum Gasteiger partial charge on any atom is -0.497 e. The molecular weight excluding hydrogens is 322 g/mol. The largest absolute Gasteiger partial charge is 0.497 e. The lowest BCUT2D eigenvalue weighted by atomic mass is 9.93. The number of hydrogen-bond acceptors (Lipinski definition) is 5. The van der Waals surface area contributed by atoms with Crippen LogP contribution in [0.1, 0.15) is 18.0 Å². The van der Waals surface area contributed by atoms with Crippen molar-refractivity contribution in [2.75, 3.05) is 33.3 Å². The van der Waals surface area contributed by atoms with Crippen molar-refractivity contribution in [3.8, 4) is 23.0 Å². The molecule has 0 spiro atoms. The fraction of sp³-hybridized carbons (Fsp3) is 0.316. The topological polar surface area (TPSA) is 57.2 Å². The molecule has 0 aromatic heterocycles. The Kier molecular flexibility index (Phi) is 4.70. The summed E-state index contributed by atoms with van der Waals surface area (Å²) in [4.78, 5) is 14.0. The number of β-lactam (4-membered cyclic amide) rings is 1. The Balaban J connectivity index is 1.97. The van der Waals surface area contributed by atoms with E-state index in [2.05, 4.69) is 0 Å². The van der Waals surface area contributed by atoms with Crippen LogP contribution >= 0.6 is 0 Å². The van der Waals surface area contributed by atoms with Gasteiger partial charge >= 0.3 is 0 Å². The van der Waals surface area contributed by atoms with Gasteiger partial charge in [-0.3, -0.25) is 4.79 Å². The molecule has 2 aromatic rings. The van der Waals surface area contributed by atoms with Gasteiger partial charge in [0.1, 0.15) is 5.75 Å². The van der Waals surface area contributed by atoms with Crippen LogP contribution in [-0.4, -0.2) is 34.3 Å². The number of carbonyl (C=O) groups is 1. The summed E-state index contributed by atoms with van der Waals surface area (Å²) in [6, 6.07) is 11.3. The Morgan fingerprint density at radius 3 is 1.92 bits per heavy atom. The van der Waals surface area contributed by atoms with Crippen molar-refractivity contribution in [3.63, 3.8) is 0 Å². The monoisotopic (exact) mass is 343 g/mol. The summed E-state index contributed by atoms with van der Waals surface area (Å²) in [5.41, 5.74) is 1.76. The lowest BCUT2D eigenvalue weighted by Crippen LogP contribution is -2.46. The van der Waals surface area contributed by atoms with E-state index in [4.69, 9.17) is 18.9 Å². The third-order valence-corrected chi connectivity index (χ3v) is 4.38. The molecule has 6 heteroatoms. The lowest BCUT2D eigenvalue weighted by Gasteiger charge is -2.41. The number of anilines is 1. The van der Waals surface area contributed by atoms with Crippen molar-refractivity contribution in [1.82, 2.24) is 0 Å². The number of nitrogens with zero attached hydrogens (tertiary/aromatic N) is 1. The molecule has 1 heterocycles. The highest BCUT2D eigenvalue weighted by molar-refractivity contribution is 6.01. The number of amides is 1. The molecule has 132 valence electrons. The van der Waals surface area contributed by atoms with Crippen LogP contribution in [-0.2, 0) is 4.79 Å². The molecule has 1 saturated heterocycles. The zero-order valence-electron chi connectivity index (χ0n) is 14.7. The molecule has 25 heavy (non-hydrogen) atoms. The highest BCUT2D eigenvalue weighted by Gasteiger charge is 2.39. The molecule has 0 saturated carbocycles. The van der Waals surface area contributed by atoms with Gasteiger partial charge in [0.05, 0.1) is 46.6 Å². The number of rotatable bonds is 6. The highest BCUT2D eigenvalue weighted by Crippen LogP contribution is 2.46. The van der Waals surface area contributed by atoms with Crippen molar-refractivity contribution < 1.29 is 23.7 Å². The third-order valence-electron chi connectivity index (χ3n) is 4.38. The SMILES string of the molecule is COc1ccc([C@H]2CC(=O)N2c2cc(OC)c(OC)c(OC)c2)cc1. The summed E-state index contributed by atoms with van der Waals surface area (Å²) in [6.07, 6.45) is 0.461. The minimum atomic E-state index is -0.0267. The van der Waals surface area contributed by atoms with E-state index >= 15 is 0 Å². The maximum absolute atomic E-state index is 12.3. The third kappa shape index (κ3) is 2.95. The van der Waals surface area contributed by atoms with E-state index in [1.54, 1.807) is 45.5 Å². The average molecular weight is 343 g/mol. The molecule has 1 aliphatic heterocycles. The first-order valence-corrected chi connectivity index (χ1v) is 7.89. The highest BCUT2D eigenvalue weighted by atomic mass is 16.5. The normalized spacial score (nSPS) is 16.2. The smallest absolute Gasteiger partial charge is 0.230 e. The maximum atomic E-state index is 12.3. The molecule has 1 fully saturated rings. The van der Waals surface area contributed by atoms with Crippen molar-refractivity contribution in [3.05, 3.63) is 42.0 Å². The molecule has 0 radical (unpaired) electrons. The number of hydrogen-bond donors (Lipinski definition) is 0. The van der Waals surface area contributed by atoms with E-state index in [-0.39, 0.29) is 11.9 Å². The number of carbonyl (C=O) groups excluding carboxylic acids is 1. The standard InChI is InChI=1S/C19H21NO5/c1-22-14-7-5-12(6-8-14)15-11-18(21)20(15)13-9-16(23-2)19(25-4)17(10-13)24-3/h5-10,15H,11H2,1-4H3/t15-/m1/s1. The Morgan fingerprint density at radius 2 is 1.48 bits per heavy atom. The van der Waals surface area contributed by atoms with Gasteiger partial charge in [0, 0.05) is 12.1 Å². The molecule has 0 bridgehead atoms. The maximum Gasteiger partial charge on any atom is 0.230 e. The van der Waals surface area contributed by atoms with E-state index in [9.17, 15) is 4.79 Å².